The zero-order valence-corrected chi connectivity index (χ0v) is 17.9. The van der Waals surface area contributed by atoms with E-state index in [0.717, 1.165) is 31.2 Å². The Morgan fingerprint density at radius 3 is 2.67 bits per heavy atom. The van der Waals surface area contributed by atoms with Crippen LogP contribution in [0.1, 0.15) is 51.4 Å². The van der Waals surface area contributed by atoms with Gasteiger partial charge in [0.05, 0.1) is 12.7 Å². The van der Waals surface area contributed by atoms with Crippen LogP contribution in [0.5, 0.6) is 0 Å². The molecule has 1 aliphatic rings. The highest BCUT2D eigenvalue weighted by atomic mass is 16.5. The molecule has 0 amide bonds. The van der Waals surface area contributed by atoms with Gasteiger partial charge >= 0.3 is 5.97 Å². The number of aryl methyl sites for hydroxylation is 3. The lowest BCUT2D eigenvalue weighted by Gasteiger charge is -2.21. The average Bonchev–Trinajstić information content (AvgIpc) is 3.19. The maximum Gasteiger partial charge on any atom is 0.338 e. The predicted octanol–water partition coefficient (Wildman–Crippen LogP) is 5.61. The van der Waals surface area contributed by atoms with Gasteiger partial charge in [-0.3, -0.25) is 4.98 Å². The number of esters is 1. The maximum absolute atomic E-state index is 12.0. The van der Waals surface area contributed by atoms with Gasteiger partial charge in [-0.15, -0.1) is 0 Å². The summed E-state index contributed by atoms with van der Waals surface area (Å²) in [5, 5.41) is 0. The minimum atomic E-state index is -0.289. The molecule has 0 fully saturated rings. The largest absolute Gasteiger partial charge is 0.465 e. The van der Waals surface area contributed by atoms with Crippen molar-refractivity contribution in [3.8, 4) is 0 Å². The van der Waals surface area contributed by atoms with E-state index in [1.807, 2.05) is 0 Å². The van der Waals surface area contributed by atoms with Gasteiger partial charge in [0, 0.05) is 30.8 Å². The van der Waals surface area contributed by atoms with Crippen LogP contribution in [0.2, 0.25) is 0 Å². The Balaban J connectivity index is 1.48. The highest BCUT2D eigenvalue weighted by Gasteiger charge is 2.24. The monoisotopic (exact) mass is 400 g/mol. The van der Waals surface area contributed by atoms with E-state index in [1.165, 1.54) is 35.2 Å². The van der Waals surface area contributed by atoms with E-state index < -0.39 is 0 Å². The molecule has 30 heavy (non-hydrogen) atoms. The van der Waals surface area contributed by atoms with Gasteiger partial charge in [-0.25, -0.2) is 4.79 Å². The fraction of sp³-hybridized carbons (Fsp3) is 0.308. The van der Waals surface area contributed by atoms with Crippen LogP contribution in [-0.2, 0) is 17.6 Å². The zero-order chi connectivity index (χ0) is 21.1. The van der Waals surface area contributed by atoms with E-state index in [2.05, 4.69) is 66.3 Å². The smallest absolute Gasteiger partial charge is 0.338 e. The molecule has 0 unspecified atom stereocenters. The molecule has 0 saturated heterocycles. The molecular formula is C26H28N2O2. The summed E-state index contributed by atoms with van der Waals surface area (Å²) >= 11 is 0. The fourth-order valence-corrected chi connectivity index (χ4v) is 4.38. The molecule has 1 heterocycles. The van der Waals surface area contributed by atoms with Crippen LogP contribution in [0, 0.1) is 6.92 Å². The van der Waals surface area contributed by atoms with E-state index in [-0.39, 0.29) is 5.97 Å². The molecule has 0 spiro atoms. The molecule has 4 rings (SSSR count). The van der Waals surface area contributed by atoms with Crippen molar-refractivity contribution in [3.63, 3.8) is 0 Å². The Kier molecular flexibility index (Phi) is 5.84. The van der Waals surface area contributed by atoms with Gasteiger partial charge in [0.2, 0.25) is 0 Å². The Morgan fingerprint density at radius 2 is 1.90 bits per heavy atom. The highest BCUT2D eigenvalue weighted by molar-refractivity contribution is 5.90. The van der Waals surface area contributed by atoms with Crippen molar-refractivity contribution >= 4 is 17.3 Å². The van der Waals surface area contributed by atoms with Crippen molar-refractivity contribution in [2.45, 2.75) is 38.5 Å². The fourth-order valence-electron chi connectivity index (χ4n) is 4.38. The molecule has 0 bridgehead atoms. The second-order valence-corrected chi connectivity index (χ2v) is 8.08. The number of pyridine rings is 1. The van der Waals surface area contributed by atoms with Crippen molar-refractivity contribution < 1.29 is 9.53 Å². The first-order valence-corrected chi connectivity index (χ1v) is 10.5. The molecule has 0 N–H and O–H groups in total. The van der Waals surface area contributed by atoms with Crippen molar-refractivity contribution in [2.24, 2.45) is 0 Å². The summed E-state index contributed by atoms with van der Waals surface area (Å²) in [6, 6.07) is 17.2. The summed E-state index contributed by atoms with van der Waals surface area (Å²) < 4.78 is 4.91. The molecule has 1 atom stereocenters. The van der Waals surface area contributed by atoms with Crippen LogP contribution in [0.4, 0.5) is 11.4 Å². The molecule has 3 aromatic rings. The number of rotatable bonds is 6. The van der Waals surface area contributed by atoms with Crippen LogP contribution >= 0.6 is 0 Å². The van der Waals surface area contributed by atoms with Gasteiger partial charge in [-0.2, -0.15) is 0 Å². The SMILES string of the molecule is COC(=O)c1ccncc1CC[C@@H]1CCc2cc(N(C)c3ccc(C)cc3)ccc21. The second kappa shape index (κ2) is 8.70. The standard InChI is InChI=1S/C26H28N2O2/c1-18-4-10-22(11-5-18)28(2)23-12-13-24-19(6-8-20(24)16-23)7-9-21-17-27-15-14-25(21)26(29)30-3/h4-5,10-17,19H,6-9H2,1-3H3/t19-/m0/s1. The van der Waals surface area contributed by atoms with E-state index in [9.17, 15) is 4.79 Å². The molecule has 0 radical (unpaired) electrons. The first-order chi connectivity index (χ1) is 14.6. The molecule has 4 nitrogen and oxygen atoms in total. The normalized spacial score (nSPS) is 15.0. The number of anilines is 2. The Bertz CT molecular complexity index is 1040. The minimum Gasteiger partial charge on any atom is -0.465 e. The van der Waals surface area contributed by atoms with Crippen molar-refractivity contribution in [3.05, 3.63) is 88.7 Å². The number of ether oxygens (including phenoxy) is 1. The van der Waals surface area contributed by atoms with Gasteiger partial charge in [0.15, 0.2) is 0 Å². The average molecular weight is 401 g/mol. The molecule has 1 aromatic heterocycles. The van der Waals surface area contributed by atoms with Gasteiger partial charge in [-0.05, 0) is 85.5 Å². The number of methoxy groups -OCH3 is 1. The highest BCUT2D eigenvalue weighted by Crippen LogP contribution is 2.39. The molecule has 4 heteroatoms. The van der Waals surface area contributed by atoms with Gasteiger partial charge < -0.3 is 9.64 Å². The maximum atomic E-state index is 12.0. The second-order valence-electron chi connectivity index (χ2n) is 8.08. The van der Waals surface area contributed by atoms with Crippen LogP contribution < -0.4 is 4.90 Å². The van der Waals surface area contributed by atoms with E-state index in [1.54, 1.807) is 18.5 Å². The number of benzene rings is 2. The Morgan fingerprint density at radius 1 is 1.13 bits per heavy atom. The van der Waals surface area contributed by atoms with Gasteiger partial charge in [0.1, 0.15) is 0 Å². The van der Waals surface area contributed by atoms with Crippen molar-refractivity contribution in [1.82, 2.24) is 4.98 Å². The first-order valence-electron chi connectivity index (χ1n) is 10.5. The molecule has 154 valence electrons. The lowest BCUT2D eigenvalue weighted by Crippen LogP contribution is -2.10. The lowest BCUT2D eigenvalue weighted by atomic mass is 9.93. The molecule has 0 aliphatic heterocycles. The summed E-state index contributed by atoms with van der Waals surface area (Å²) in [7, 11) is 3.54. The Hall–Kier alpha value is -3.14. The number of fused-ring (bicyclic) bond motifs is 1. The topological polar surface area (TPSA) is 42.4 Å². The zero-order valence-electron chi connectivity index (χ0n) is 17.9. The number of hydrogen-bond acceptors (Lipinski definition) is 4. The number of aromatic nitrogens is 1. The number of carbonyl (C=O) groups is 1. The van der Waals surface area contributed by atoms with Crippen molar-refractivity contribution in [1.29, 1.82) is 0 Å². The van der Waals surface area contributed by atoms with Gasteiger partial charge in [0.25, 0.3) is 0 Å². The van der Waals surface area contributed by atoms with Gasteiger partial charge in [-0.1, -0.05) is 23.8 Å². The molecule has 2 aromatic carbocycles. The van der Waals surface area contributed by atoms with E-state index in [0.29, 0.717) is 11.5 Å². The van der Waals surface area contributed by atoms with Crippen LogP contribution in [-0.4, -0.2) is 25.1 Å². The molecule has 0 saturated carbocycles. The summed E-state index contributed by atoms with van der Waals surface area (Å²) in [4.78, 5) is 18.5. The van der Waals surface area contributed by atoms with Crippen LogP contribution in [0.15, 0.2) is 60.9 Å². The van der Waals surface area contributed by atoms with E-state index in [4.69, 9.17) is 4.74 Å². The predicted molar refractivity (Wildman–Crippen MR) is 121 cm³/mol. The van der Waals surface area contributed by atoms with Crippen LogP contribution in [0.3, 0.4) is 0 Å². The number of hydrogen-bond donors (Lipinski definition) is 0. The number of nitrogens with zero attached hydrogens (tertiary/aromatic N) is 2. The first kappa shape index (κ1) is 20.1. The molecular weight excluding hydrogens is 372 g/mol. The minimum absolute atomic E-state index is 0.289. The third-order valence-corrected chi connectivity index (χ3v) is 6.21. The quantitative estimate of drug-likeness (QED) is 0.505. The third kappa shape index (κ3) is 4.09. The summed E-state index contributed by atoms with van der Waals surface area (Å²) in [6.45, 7) is 2.11. The Labute approximate surface area is 178 Å². The summed E-state index contributed by atoms with van der Waals surface area (Å²) in [5.41, 5.74) is 8.16. The molecule has 1 aliphatic carbocycles. The van der Waals surface area contributed by atoms with Crippen LogP contribution in [0.25, 0.3) is 0 Å². The third-order valence-electron chi connectivity index (χ3n) is 6.21. The number of carbonyl (C=O) groups excluding carboxylic acids is 1. The van der Waals surface area contributed by atoms with E-state index >= 15 is 0 Å². The summed E-state index contributed by atoms with van der Waals surface area (Å²) in [5.74, 6) is 0.229. The van der Waals surface area contributed by atoms with Crippen molar-refractivity contribution in [2.75, 3.05) is 19.1 Å². The summed E-state index contributed by atoms with van der Waals surface area (Å²) in [6.07, 6.45) is 7.53. The lowest BCUT2D eigenvalue weighted by molar-refractivity contribution is 0.0599.